The van der Waals surface area contributed by atoms with Crippen molar-refractivity contribution in [3.63, 3.8) is 0 Å². The quantitative estimate of drug-likeness (QED) is 0.726. The molecule has 15 heavy (non-hydrogen) atoms. The minimum atomic E-state index is 0.447. The van der Waals surface area contributed by atoms with Crippen LogP contribution in [0.2, 0.25) is 0 Å². The Labute approximate surface area is 93.6 Å². The fourth-order valence-electron chi connectivity index (χ4n) is 3.08. The summed E-state index contributed by atoms with van der Waals surface area (Å²) in [6.07, 6.45) is 0. The van der Waals surface area contributed by atoms with Crippen LogP contribution in [-0.4, -0.2) is 54.6 Å². The van der Waals surface area contributed by atoms with Crippen molar-refractivity contribution >= 4 is 0 Å². The van der Waals surface area contributed by atoms with E-state index in [0.717, 1.165) is 0 Å². The SMILES string of the molecule is CCN1CC2CN(C(C)C)CC(C1)C2N. The van der Waals surface area contributed by atoms with E-state index in [-0.39, 0.29) is 0 Å². The van der Waals surface area contributed by atoms with Gasteiger partial charge in [0, 0.05) is 38.3 Å². The predicted octanol–water partition coefficient (Wildman–Crippen LogP) is 0.606. The highest BCUT2D eigenvalue weighted by molar-refractivity contribution is 4.96. The van der Waals surface area contributed by atoms with Gasteiger partial charge in [-0.05, 0) is 32.2 Å². The lowest BCUT2D eigenvalue weighted by Crippen LogP contribution is -2.63. The van der Waals surface area contributed by atoms with Gasteiger partial charge in [-0.25, -0.2) is 0 Å². The molecule has 0 aromatic rings. The van der Waals surface area contributed by atoms with Crippen molar-refractivity contribution < 1.29 is 0 Å². The molecule has 2 fully saturated rings. The fourth-order valence-corrected chi connectivity index (χ4v) is 3.08. The second-order valence-electron chi connectivity index (χ2n) is 5.50. The number of nitrogens with two attached hydrogens (primary N) is 1. The van der Waals surface area contributed by atoms with Crippen LogP contribution in [0.25, 0.3) is 0 Å². The summed E-state index contributed by atoms with van der Waals surface area (Å²) in [6, 6.07) is 1.12. The van der Waals surface area contributed by atoms with Gasteiger partial charge < -0.3 is 15.5 Å². The molecule has 2 unspecified atom stereocenters. The standard InChI is InChI=1S/C12H25N3/c1-4-14-5-10-7-15(9(2)3)8-11(6-14)12(10)13/h9-12H,4-8,13H2,1-3H3. The molecule has 0 amide bonds. The molecule has 0 radical (unpaired) electrons. The number of piperidine rings is 2. The molecule has 0 saturated carbocycles. The highest BCUT2D eigenvalue weighted by Gasteiger charge is 2.40. The van der Waals surface area contributed by atoms with Crippen LogP contribution < -0.4 is 5.73 Å². The smallest absolute Gasteiger partial charge is 0.0145 e. The van der Waals surface area contributed by atoms with Gasteiger partial charge in [-0.15, -0.1) is 0 Å². The molecule has 2 heterocycles. The van der Waals surface area contributed by atoms with Crippen molar-refractivity contribution in [1.29, 1.82) is 0 Å². The van der Waals surface area contributed by atoms with Crippen molar-refractivity contribution in [3.05, 3.63) is 0 Å². The highest BCUT2D eigenvalue weighted by atomic mass is 15.2. The van der Waals surface area contributed by atoms with Crippen LogP contribution in [0.3, 0.4) is 0 Å². The van der Waals surface area contributed by atoms with Gasteiger partial charge in [-0.3, -0.25) is 0 Å². The molecule has 0 aromatic heterocycles. The Bertz CT molecular complexity index is 201. The minimum absolute atomic E-state index is 0.447. The van der Waals surface area contributed by atoms with Gasteiger partial charge in [0.25, 0.3) is 0 Å². The van der Waals surface area contributed by atoms with E-state index in [1.807, 2.05) is 0 Å². The van der Waals surface area contributed by atoms with Crippen LogP contribution in [0.1, 0.15) is 20.8 Å². The van der Waals surface area contributed by atoms with Crippen LogP contribution >= 0.6 is 0 Å². The van der Waals surface area contributed by atoms with Crippen LogP contribution in [0, 0.1) is 11.8 Å². The normalized spacial score (nSPS) is 38.6. The molecule has 3 nitrogen and oxygen atoms in total. The van der Waals surface area contributed by atoms with E-state index < -0.39 is 0 Å². The highest BCUT2D eigenvalue weighted by Crippen LogP contribution is 2.28. The molecular formula is C12H25N3. The summed E-state index contributed by atoms with van der Waals surface area (Å²) in [4.78, 5) is 5.17. The predicted molar refractivity (Wildman–Crippen MR) is 63.8 cm³/mol. The summed E-state index contributed by atoms with van der Waals surface area (Å²) in [5.74, 6) is 1.39. The molecule has 3 heteroatoms. The monoisotopic (exact) mass is 211 g/mol. The first-order valence-corrected chi connectivity index (χ1v) is 6.33. The van der Waals surface area contributed by atoms with Gasteiger partial charge in [-0.2, -0.15) is 0 Å². The topological polar surface area (TPSA) is 32.5 Å². The summed E-state index contributed by atoms with van der Waals surface area (Å²) in [6.45, 7) is 12.8. The Morgan fingerprint density at radius 2 is 1.67 bits per heavy atom. The second kappa shape index (κ2) is 4.40. The zero-order valence-electron chi connectivity index (χ0n) is 10.3. The molecule has 2 rings (SSSR count). The Hall–Kier alpha value is -0.120. The number of rotatable bonds is 2. The zero-order chi connectivity index (χ0) is 11.0. The first-order valence-electron chi connectivity index (χ1n) is 6.33. The number of likely N-dealkylation sites (tertiary alicyclic amines) is 2. The molecule has 0 aromatic carbocycles. The van der Waals surface area contributed by atoms with Crippen LogP contribution in [0.15, 0.2) is 0 Å². The first-order chi connectivity index (χ1) is 7.11. The second-order valence-corrected chi connectivity index (χ2v) is 5.50. The number of fused-ring (bicyclic) bond motifs is 2. The van der Waals surface area contributed by atoms with Gasteiger partial charge in [0.1, 0.15) is 0 Å². The number of hydrogen-bond acceptors (Lipinski definition) is 3. The number of nitrogens with zero attached hydrogens (tertiary/aromatic N) is 2. The summed E-state index contributed by atoms with van der Waals surface area (Å²) in [7, 11) is 0. The van der Waals surface area contributed by atoms with Crippen LogP contribution in [0.5, 0.6) is 0 Å². The lowest BCUT2D eigenvalue weighted by Gasteiger charge is -2.50. The van der Waals surface area contributed by atoms with Gasteiger partial charge >= 0.3 is 0 Å². The third-order valence-electron chi connectivity index (χ3n) is 4.19. The third-order valence-corrected chi connectivity index (χ3v) is 4.19. The van der Waals surface area contributed by atoms with Gasteiger partial charge in [0.05, 0.1) is 0 Å². The summed E-state index contributed by atoms with van der Waals surface area (Å²) >= 11 is 0. The summed E-state index contributed by atoms with van der Waals surface area (Å²) in [5, 5.41) is 0. The van der Waals surface area contributed by atoms with Crippen molar-refractivity contribution in [2.75, 3.05) is 32.7 Å². The van der Waals surface area contributed by atoms with Crippen molar-refractivity contribution in [1.82, 2.24) is 9.80 Å². The van der Waals surface area contributed by atoms with Gasteiger partial charge in [0.2, 0.25) is 0 Å². The average molecular weight is 211 g/mol. The maximum atomic E-state index is 6.31. The molecule has 2 saturated heterocycles. The Morgan fingerprint density at radius 1 is 1.13 bits per heavy atom. The van der Waals surface area contributed by atoms with E-state index in [0.29, 0.717) is 23.9 Å². The fraction of sp³-hybridized carbons (Fsp3) is 1.00. The molecular weight excluding hydrogens is 186 g/mol. The van der Waals surface area contributed by atoms with Crippen LogP contribution in [-0.2, 0) is 0 Å². The van der Waals surface area contributed by atoms with E-state index in [2.05, 4.69) is 30.6 Å². The van der Waals surface area contributed by atoms with Gasteiger partial charge in [-0.1, -0.05) is 6.92 Å². The van der Waals surface area contributed by atoms with E-state index in [1.165, 1.54) is 32.7 Å². The van der Waals surface area contributed by atoms with E-state index in [9.17, 15) is 0 Å². The molecule has 2 aliphatic heterocycles. The molecule has 2 atom stereocenters. The molecule has 2 aliphatic rings. The molecule has 2 bridgehead atoms. The number of hydrogen-bond donors (Lipinski definition) is 1. The van der Waals surface area contributed by atoms with E-state index >= 15 is 0 Å². The largest absolute Gasteiger partial charge is 0.327 e. The van der Waals surface area contributed by atoms with E-state index in [1.54, 1.807) is 0 Å². The molecule has 88 valence electrons. The Kier molecular flexibility index (Phi) is 3.33. The average Bonchev–Trinajstić information content (AvgIpc) is 2.16. The minimum Gasteiger partial charge on any atom is -0.327 e. The molecule has 2 N–H and O–H groups in total. The molecule has 0 aliphatic carbocycles. The summed E-state index contributed by atoms with van der Waals surface area (Å²) < 4.78 is 0. The zero-order valence-corrected chi connectivity index (χ0v) is 10.3. The van der Waals surface area contributed by atoms with Crippen molar-refractivity contribution in [2.45, 2.75) is 32.9 Å². The van der Waals surface area contributed by atoms with Gasteiger partial charge in [0.15, 0.2) is 0 Å². The third kappa shape index (κ3) is 2.19. The maximum Gasteiger partial charge on any atom is 0.0145 e. The molecule has 0 spiro atoms. The van der Waals surface area contributed by atoms with Crippen LogP contribution in [0.4, 0.5) is 0 Å². The lowest BCUT2D eigenvalue weighted by atomic mass is 9.79. The maximum absolute atomic E-state index is 6.31. The summed E-state index contributed by atoms with van der Waals surface area (Å²) in [5.41, 5.74) is 6.31. The van der Waals surface area contributed by atoms with Crippen molar-refractivity contribution in [3.8, 4) is 0 Å². The Balaban J connectivity index is 2.03. The van der Waals surface area contributed by atoms with E-state index in [4.69, 9.17) is 5.73 Å². The van der Waals surface area contributed by atoms with Crippen molar-refractivity contribution in [2.24, 2.45) is 17.6 Å². The lowest BCUT2D eigenvalue weighted by molar-refractivity contribution is 0.00264. The first kappa shape index (κ1) is 11.4. The Morgan fingerprint density at radius 3 is 2.07 bits per heavy atom.